The molecule has 1 aromatic heterocycles. The van der Waals surface area contributed by atoms with Gasteiger partial charge in [-0.15, -0.1) is 11.8 Å². The number of nitrogens with zero attached hydrogens (tertiary/aromatic N) is 4. The number of carbonyl (C=O) groups is 2. The Morgan fingerprint density at radius 1 is 1.35 bits per heavy atom. The molecule has 2 aliphatic rings. The quantitative estimate of drug-likeness (QED) is 0.575. The summed E-state index contributed by atoms with van der Waals surface area (Å²) in [5, 5.41) is 12.9. The fourth-order valence-electron chi connectivity index (χ4n) is 4.56. The number of ether oxygens (including phenoxy) is 1. The van der Waals surface area contributed by atoms with E-state index < -0.39 is 6.04 Å². The molecule has 180 valence electrons. The van der Waals surface area contributed by atoms with Gasteiger partial charge in [-0.2, -0.15) is 5.26 Å². The number of nitriles is 1. The van der Waals surface area contributed by atoms with Gasteiger partial charge in [-0.3, -0.25) is 14.7 Å². The smallest absolute Gasteiger partial charge is 0.252 e. The maximum absolute atomic E-state index is 13.2. The Bertz CT molecular complexity index is 1060. The fourth-order valence-corrected chi connectivity index (χ4v) is 5.70. The summed E-state index contributed by atoms with van der Waals surface area (Å²) in [4.78, 5) is 33.5. The Morgan fingerprint density at radius 3 is 2.85 bits per heavy atom. The molecular weight excluding hydrogens is 450 g/mol. The topological polar surface area (TPSA) is 98.6 Å². The van der Waals surface area contributed by atoms with Gasteiger partial charge in [0.25, 0.3) is 5.91 Å². The molecule has 8 nitrogen and oxygen atoms in total. The number of thioether (sulfide) groups is 1. The first-order valence-corrected chi connectivity index (χ1v) is 12.9. The highest BCUT2D eigenvalue weighted by Gasteiger charge is 2.28. The normalized spacial score (nSPS) is 20.4. The van der Waals surface area contributed by atoms with E-state index in [1.807, 2.05) is 23.1 Å². The minimum absolute atomic E-state index is 0.231. The number of rotatable bonds is 8. The molecule has 2 aromatic rings. The summed E-state index contributed by atoms with van der Waals surface area (Å²) in [6.07, 6.45) is 4.81. The zero-order valence-electron chi connectivity index (χ0n) is 19.6. The van der Waals surface area contributed by atoms with Crippen LogP contribution in [0.3, 0.4) is 0 Å². The Balaban J connectivity index is 1.48. The fraction of sp³-hybridized carbons (Fsp3) is 0.520. The number of piperidine rings is 1. The predicted octanol–water partition coefficient (Wildman–Crippen LogP) is 2.82. The van der Waals surface area contributed by atoms with Gasteiger partial charge in [0.15, 0.2) is 0 Å². The summed E-state index contributed by atoms with van der Waals surface area (Å²) in [6, 6.07) is 9.02. The van der Waals surface area contributed by atoms with Crippen LogP contribution in [-0.2, 0) is 9.53 Å². The van der Waals surface area contributed by atoms with Gasteiger partial charge in [0.1, 0.15) is 12.3 Å². The molecule has 9 heteroatoms. The SMILES string of the molecule is CC(C)OC1CCN(c2ccc3nccc(C(=O)NC(C=O)CN4CSC[C@H]4C#N)c3c2)CC1. The number of hydrogen-bond acceptors (Lipinski definition) is 8. The molecule has 0 bridgehead atoms. The second-order valence-corrected chi connectivity index (χ2v) is 10.1. The van der Waals surface area contributed by atoms with Gasteiger partial charge in [0, 0.05) is 48.5 Å². The van der Waals surface area contributed by atoms with Crippen LogP contribution in [0.1, 0.15) is 37.0 Å². The Labute approximate surface area is 204 Å². The van der Waals surface area contributed by atoms with E-state index in [-0.39, 0.29) is 24.2 Å². The number of benzene rings is 1. The molecule has 0 spiro atoms. The van der Waals surface area contributed by atoms with Crippen LogP contribution in [0.2, 0.25) is 0 Å². The highest BCUT2D eigenvalue weighted by molar-refractivity contribution is 7.99. The van der Waals surface area contributed by atoms with E-state index in [2.05, 4.69) is 35.1 Å². The molecular formula is C25H31N5O3S. The molecule has 2 fully saturated rings. The molecule has 0 saturated carbocycles. The van der Waals surface area contributed by atoms with E-state index in [9.17, 15) is 14.9 Å². The van der Waals surface area contributed by atoms with Crippen molar-refractivity contribution in [3.63, 3.8) is 0 Å². The first-order chi connectivity index (χ1) is 16.5. The summed E-state index contributed by atoms with van der Waals surface area (Å²) < 4.78 is 5.96. The summed E-state index contributed by atoms with van der Waals surface area (Å²) in [5.74, 6) is 1.08. The van der Waals surface area contributed by atoms with E-state index in [1.165, 1.54) is 0 Å². The lowest BCUT2D eigenvalue weighted by molar-refractivity contribution is -0.109. The summed E-state index contributed by atoms with van der Waals surface area (Å²) in [6.45, 7) is 6.24. The van der Waals surface area contributed by atoms with Crippen molar-refractivity contribution in [2.75, 3.05) is 36.2 Å². The second-order valence-electron chi connectivity index (χ2n) is 9.06. The number of hydrogen-bond donors (Lipinski definition) is 1. The minimum atomic E-state index is -0.687. The van der Waals surface area contributed by atoms with Crippen molar-refractivity contribution in [3.8, 4) is 6.07 Å². The van der Waals surface area contributed by atoms with Crippen molar-refractivity contribution in [1.29, 1.82) is 5.26 Å². The average Bonchev–Trinajstić information content (AvgIpc) is 3.30. The maximum Gasteiger partial charge on any atom is 0.252 e. The summed E-state index contributed by atoms with van der Waals surface area (Å²) >= 11 is 1.66. The van der Waals surface area contributed by atoms with Crippen molar-refractivity contribution >= 4 is 40.5 Å². The third kappa shape index (κ3) is 5.69. The number of aromatic nitrogens is 1. The summed E-state index contributed by atoms with van der Waals surface area (Å²) in [5.41, 5.74) is 2.28. The second kappa shape index (κ2) is 11.2. The number of fused-ring (bicyclic) bond motifs is 1. The largest absolute Gasteiger partial charge is 0.375 e. The van der Waals surface area contributed by atoms with Crippen LogP contribution in [-0.4, -0.2) is 77.6 Å². The van der Waals surface area contributed by atoms with Gasteiger partial charge in [0.2, 0.25) is 0 Å². The van der Waals surface area contributed by atoms with E-state index in [4.69, 9.17) is 4.74 Å². The van der Waals surface area contributed by atoms with Gasteiger partial charge < -0.3 is 19.7 Å². The monoisotopic (exact) mass is 481 g/mol. The molecule has 0 aliphatic carbocycles. The molecule has 1 unspecified atom stereocenters. The van der Waals surface area contributed by atoms with E-state index >= 15 is 0 Å². The number of nitrogens with one attached hydrogen (secondary N) is 1. The van der Waals surface area contributed by atoms with Gasteiger partial charge >= 0.3 is 0 Å². The molecule has 2 atom stereocenters. The number of carbonyl (C=O) groups excluding carboxylic acids is 2. The summed E-state index contributed by atoms with van der Waals surface area (Å²) in [7, 11) is 0. The van der Waals surface area contributed by atoms with Crippen LogP contribution in [0, 0.1) is 11.3 Å². The lowest BCUT2D eigenvalue weighted by atomic mass is 10.0. The molecule has 34 heavy (non-hydrogen) atoms. The average molecular weight is 482 g/mol. The predicted molar refractivity (Wildman–Crippen MR) is 134 cm³/mol. The standard InChI is InChI=1S/C25H31N5O3S/c1-17(2)33-21-6-9-29(10-7-21)19-3-4-24-23(11-19)22(5-8-27-24)25(32)28-18(14-31)13-30-16-34-15-20(30)12-26/h3-5,8,11,14,17-18,20-21H,6-7,9-10,13,15-16H2,1-2H3,(H,28,32)/t18?,20-/m1/s1. The maximum atomic E-state index is 13.2. The van der Waals surface area contributed by atoms with Gasteiger partial charge in [-0.05, 0) is 51.0 Å². The van der Waals surface area contributed by atoms with Crippen LogP contribution in [0.5, 0.6) is 0 Å². The molecule has 2 aliphatic heterocycles. The molecule has 0 radical (unpaired) electrons. The van der Waals surface area contributed by atoms with E-state index in [0.29, 0.717) is 23.7 Å². The van der Waals surface area contributed by atoms with Crippen molar-refractivity contribution in [2.24, 2.45) is 0 Å². The van der Waals surface area contributed by atoms with Crippen molar-refractivity contribution in [3.05, 3.63) is 36.0 Å². The zero-order chi connectivity index (χ0) is 24.1. The highest BCUT2D eigenvalue weighted by atomic mass is 32.2. The van der Waals surface area contributed by atoms with Crippen molar-refractivity contribution < 1.29 is 14.3 Å². The van der Waals surface area contributed by atoms with Crippen LogP contribution >= 0.6 is 11.8 Å². The number of anilines is 1. The minimum Gasteiger partial charge on any atom is -0.375 e. The Morgan fingerprint density at radius 2 is 2.15 bits per heavy atom. The van der Waals surface area contributed by atoms with Crippen LogP contribution in [0.25, 0.3) is 10.9 Å². The Hall–Kier alpha value is -2.67. The first kappa shape index (κ1) is 24.5. The Kier molecular flexibility index (Phi) is 8.03. The van der Waals surface area contributed by atoms with E-state index in [0.717, 1.165) is 48.8 Å². The van der Waals surface area contributed by atoms with E-state index in [1.54, 1.807) is 24.0 Å². The lowest BCUT2D eigenvalue weighted by Crippen LogP contribution is -2.46. The molecule has 1 N–H and O–H groups in total. The van der Waals surface area contributed by atoms with Crippen LogP contribution in [0.4, 0.5) is 5.69 Å². The number of pyridine rings is 1. The zero-order valence-corrected chi connectivity index (χ0v) is 20.5. The third-order valence-electron chi connectivity index (χ3n) is 6.28. The highest BCUT2D eigenvalue weighted by Crippen LogP contribution is 2.27. The molecule has 1 amide bonds. The molecule has 3 heterocycles. The van der Waals surface area contributed by atoms with Gasteiger partial charge in [-0.25, -0.2) is 0 Å². The first-order valence-electron chi connectivity index (χ1n) is 11.7. The molecule has 4 rings (SSSR count). The van der Waals surface area contributed by atoms with Gasteiger partial charge in [-0.1, -0.05) is 0 Å². The van der Waals surface area contributed by atoms with Gasteiger partial charge in [0.05, 0.1) is 35.4 Å². The third-order valence-corrected chi connectivity index (χ3v) is 7.34. The van der Waals surface area contributed by atoms with Crippen molar-refractivity contribution in [2.45, 2.75) is 51.0 Å². The van der Waals surface area contributed by atoms with Crippen molar-refractivity contribution in [1.82, 2.24) is 15.2 Å². The number of aldehydes is 1. The van der Waals surface area contributed by atoms with Crippen LogP contribution in [0.15, 0.2) is 30.5 Å². The lowest BCUT2D eigenvalue weighted by Gasteiger charge is -2.34. The number of amides is 1. The van der Waals surface area contributed by atoms with Crippen LogP contribution < -0.4 is 10.2 Å². The molecule has 1 aromatic carbocycles. The molecule has 2 saturated heterocycles.